The molecule has 0 aliphatic heterocycles. The van der Waals surface area contributed by atoms with Gasteiger partial charge < -0.3 is 10.1 Å². The molecule has 31 heavy (non-hydrogen) atoms. The van der Waals surface area contributed by atoms with E-state index in [1.54, 1.807) is 35.5 Å². The van der Waals surface area contributed by atoms with Gasteiger partial charge in [0.1, 0.15) is 11.5 Å². The molecule has 2 aromatic heterocycles. The maximum atomic E-state index is 13.0. The van der Waals surface area contributed by atoms with Crippen molar-refractivity contribution >= 4 is 34.7 Å². The number of benzene rings is 2. The molecule has 5 nitrogen and oxygen atoms in total. The van der Waals surface area contributed by atoms with E-state index in [4.69, 9.17) is 4.74 Å². The Bertz CT molecular complexity index is 1190. The minimum atomic E-state index is -0.141. The maximum absolute atomic E-state index is 13.0. The van der Waals surface area contributed by atoms with Gasteiger partial charge in [-0.2, -0.15) is 0 Å². The van der Waals surface area contributed by atoms with Gasteiger partial charge in [-0.05, 0) is 61.9 Å². The Morgan fingerprint density at radius 2 is 2.00 bits per heavy atom. The van der Waals surface area contributed by atoms with Crippen LogP contribution >= 0.6 is 23.1 Å². The van der Waals surface area contributed by atoms with Gasteiger partial charge in [-0.3, -0.25) is 9.78 Å². The zero-order chi connectivity index (χ0) is 21.6. The normalized spacial score (nSPS) is 10.6. The summed E-state index contributed by atoms with van der Waals surface area (Å²) >= 11 is 3.25. The molecule has 0 fully saturated rings. The number of aryl methyl sites for hydroxylation is 2. The molecule has 4 aromatic rings. The Hall–Kier alpha value is -3.16. The van der Waals surface area contributed by atoms with Crippen molar-refractivity contribution in [2.24, 2.45) is 0 Å². The molecule has 7 heteroatoms. The van der Waals surface area contributed by atoms with E-state index in [1.807, 2.05) is 68.4 Å². The first kappa shape index (κ1) is 21.1. The Balaban J connectivity index is 1.45. The zero-order valence-corrected chi connectivity index (χ0v) is 18.8. The Morgan fingerprint density at radius 3 is 2.74 bits per heavy atom. The number of ether oxygens (including phenoxy) is 1. The first-order valence-corrected chi connectivity index (χ1v) is 11.6. The van der Waals surface area contributed by atoms with Gasteiger partial charge in [-0.25, -0.2) is 4.98 Å². The number of hydrogen-bond donors (Lipinski definition) is 1. The summed E-state index contributed by atoms with van der Waals surface area (Å²) in [7, 11) is 0. The number of thiazole rings is 1. The van der Waals surface area contributed by atoms with E-state index in [9.17, 15) is 4.79 Å². The Morgan fingerprint density at radius 1 is 1.13 bits per heavy atom. The highest BCUT2D eigenvalue weighted by molar-refractivity contribution is 7.98. The molecule has 0 atom stereocenters. The standard InChI is InChI=1S/C24H21N3O2S2/c1-16-12-18(9-10-22(16)29-20-6-5-11-25-13-20)27-24(28)21-7-3-4-8-23(21)31-15-19-14-30-17(2)26-19/h3-14H,15H2,1-2H3,(H,27,28). The number of carbonyl (C=O) groups is 1. The van der Waals surface area contributed by atoms with Gasteiger partial charge in [-0.1, -0.05) is 12.1 Å². The van der Waals surface area contributed by atoms with Crippen LogP contribution in [0.25, 0.3) is 0 Å². The highest BCUT2D eigenvalue weighted by Gasteiger charge is 2.13. The summed E-state index contributed by atoms with van der Waals surface area (Å²) in [4.78, 5) is 22.4. The van der Waals surface area contributed by atoms with E-state index in [0.29, 0.717) is 11.3 Å². The third kappa shape index (κ3) is 5.51. The first-order chi connectivity index (χ1) is 15.1. The van der Waals surface area contributed by atoms with Crippen molar-refractivity contribution in [2.75, 3.05) is 5.32 Å². The fraction of sp³-hybridized carbons (Fsp3) is 0.125. The topological polar surface area (TPSA) is 64.1 Å². The molecule has 0 saturated carbocycles. The molecule has 0 spiro atoms. The average Bonchev–Trinajstić information content (AvgIpc) is 3.20. The van der Waals surface area contributed by atoms with Gasteiger partial charge in [0.05, 0.1) is 22.5 Å². The van der Waals surface area contributed by atoms with E-state index in [1.165, 1.54) is 0 Å². The number of rotatable bonds is 7. The largest absolute Gasteiger partial charge is 0.455 e. The quantitative estimate of drug-likeness (QED) is 0.328. The molecular formula is C24H21N3O2S2. The number of nitrogens with zero attached hydrogens (tertiary/aromatic N) is 2. The van der Waals surface area contributed by atoms with Gasteiger partial charge in [0, 0.05) is 27.9 Å². The molecule has 0 bridgehead atoms. The van der Waals surface area contributed by atoms with Gasteiger partial charge in [0.25, 0.3) is 5.91 Å². The van der Waals surface area contributed by atoms with Crippen LogP contribution in [0.4, 0.5) is 5.69 Å². The van der Waals surface area contributed by atoms with Gasteiger partial charge >= 0.3 is 0 Å². The molecule has 2 heterocycles. The zero-order valence-electron chi connectivity index (χ0n) is 17.2. The summed E-state index contributed by atoms with van der Waals surface area (Å²) in [6, 6.07) is 16.9. The summed E-state index contributed by atoms with van der Waals surface area (Å²) in [5.74, 6) is 1.98. The van der Waals surface area contributed by atoms with E-state index in [-0.39, 0.29) is 5.91 Å². The smallest absolute Gasteiger partial charge is 0.256 e. The minimum Gasteiger partial charge on any atom is -0.455 e. The number of pyridine rings is 1. The minimum absolute atomic E-state index is 0.141. The van der Waals surface area contributed by atoms with Crippen LogP contribution in [0, 0.1) is 13.8 Å². The number of thioether (sulfide) groups is 1. The van der Waals surface area contributed by atoms with Crippen molar-refractivity contribution in [3.05, 3.63) is 94.2 Å². The number of aromatic nitrogens is 2. The second-order valence-corrected chi connectivity index (χ2v) is 8.95. The van der Waals surface area contributed by atoms with E-state index in [2.05, 4.69) is 20.7 Å². The summed E-state index contributed by atoms with van der Waals surface area (Å²) in [6.07, 6.45) is 3.36. The monoisotopic (exact) mass is 447 g/mol. The molecule has 1 N–H and O–H groups in total. The van der Waals surface area contributed by atoms with E-state index in [0.717, 1.165) is 38.4 Å². The Labute approximate surface area is 189 Å². The summed E-state index contributed by atoms with van der Waals surface area (Å²) in [5, 5.41) is 6.11. The first-order valence-electron chi connectivity index (χ1n) is 9.71. The van der Waals surface area contributed by atoms with Crippen molar-refractivity contribution in [3.8, 4) is 11.5 Å². The van der Waals surface area contributed by atoms with Crippen molar-refractivity contribution in [2.45, 2.75) is 24.5 Å². The van der Waals surface area contributed by atoms with Crippen LogP contribution in [0.15, 0.2) is 77.3 Å². The lowest BCUT2D eigenvalue weighted by Gasteiger charge is -2.12. The summed E-state index contributed by atoms with van der Waals surface area (Å²) < 4.78 is 5.86. The number of nitrogens with one attached hydrogen (secondary N) is 1. The lowest BCUT2D eigenvalue weighted by molar-refractivity contribution is 0.102. The van der Waals surface area contributed by atoms with Crippen molar-refractivity contribution in [1.29, 1.82) is 0 Å². The molecule has 0 aliphatic rings. The van der Waals surface area contributed by atoms with Crippen molar-refractivity contribution in [3.63, 3.8) is 0 Å². The molecule has 0 aliphatic carbocycles. The van der Waals surface area contributed by atoms with Crippen LogP contribution in [0.5, 0.6) is 11.5 Å². The highest BCUT2D eigenvalue weighted by Crippen LogP contribution is 2.29. The lowest BCUT2D eigenvalue weighted by Crippen LogP contribution is -2.13. The molecule has 156 valence electrons. The fourth-order valence-corrected chi connectivity index (χ4v) is 4.64. The molecule has 0 unspecified atom stereocenters. The third-order valence-corrected chi connectivity index (χ3v) is 6.40. The maximum Gasteiger partial charge on any atom is 0.256 e. The third-order valence-electron chi connectivity index (χ3n) is 4.47. The second-order valence-electron chi connectivity index (χ2n) is 6.87. The van der Waals surface area contributed by atoms with Crippen LogP contribution in [-0.2, 0) is 5.75 Å². The number of hydrogen-bond acceptors (Lipinski definition) is 6. The molecule has 2 aromatic carbocycles. The predicted octanol–water partition coefficient (Wildman–Crippen LogP) is 6.49. The summed E-state index contributed by atoms with van der Waals surface area (Å²) in [6.45, 7) is 3.94. The van der Waals surface area contributed by atoms with Gasteiger partial charge in [0.2, 0.25) is 0 Å². The van der Waals surface area contributed by atoms with Crippen LogP contribution in [0.1, 0.15) is 26.6 Å². The van der Waals surface area contributed by atoms with Crippen molar-refractivity contribution < 1.29 is 9.53 Å². The van der Waals surface area contributed by atoms with Gasteiger partial charge in [0.15, 0.2) is 0 Å². The molecule has 4 rings (SSSR count). The van der Waals surface area contributed by atoms with Crippen LogP contribution in [0.2, 0.25) is 0 Å². The SMILES string of the molecule is Cc1nc(CSc2ccccc2C(=O)Nc2ccc(Oc3cccnc3)c(C)c2)cs1. The highest BCUT2D eigenvalue weighted by atomic mass is 32.2. The fourth-order valence-electron chi connectivity index (χ4n) is 2.98. The van der Waals surface area contributed by atoms with Crippen molar-refractivity contribution in [1.82, 2.24) is 9.97 Å². The second kappa shape index (κ2) is 9.76. The average molecular weight is 448 g/mol. The molecular weight excluding hydrogens is 426 g/mol. The molecule has 0 saturated heterocycles. The van der Waals surface area contributed by atoms with Crippen LogP contribution < -0.4 is 10.1 Å². The predicted molar refractivity (Wildman–Crippen MR) is 126 cm³/mol. The van der Waals surface area contributed by atoms with Crippen LogP contribution in [0.3, 0.4) is 0 Å². The number of amides is 1. The van der Waals surface area contributed by atoms with Crippen LogP contribution in [-0.4, -0.2) is 15.9 Å². The number of carbonyl (C=O) groups excluding carboxylic acids is 1. The van der Waals surface area contributed by atoms with Gasteiger partial charge in [-0.15, -0.1) is 23.1 Å². The van der Waals surface area contributed by atoms with E-state index >= 15 is 0 Å². The van der Waals surface area contributed by atoms with E-state index < -0.39 is 0 Å². The molecule has 0 radical (unpaired) electrons. The summed E-state index contributed by atoms with van der Waals surface area (Å²) in [5.41, 5.74) is 3.31. The lowest BCUT2D eigenvalue weighted by atomic mass is 10.1. The Kier molecular flexibility index (Phi) is 6.64. The number of anilines is 1. The molecule has 1 amide bonds.